The van der Waals surface area contributed by atoms with Crippen LogP contribution >= 0.6 is 0 Å². The van der Waals surface area contributed by atoms with Gasteiger partial charge in [0.25, 0.3) is 0 Å². The monoisotopic (exact) mass is 561 g/mol. The molecule has 4 heterocycles. The van der Waals surface area contributed by atoms with Crippen LogP contribution in [-0.2, 0) is 7.05 Å². The van der Waals surface area contributed by atoms with Gasteiger partial charge in [-0.15, -0.1) is 0 Å². The van der Waals surface area contributed by atoms with Gasteiger partial charge in [-0.2, -0.15) is 5.10 Å². The number of halogens is 1. The maximum atomic E-state index is 14.3. The zero-order chi connectivity index (χ0) is 28.9. The van der Waals surface area contributed by atoms with Crippen LogP contribution in [0.4, 0.5) is 27.4 Å². The van der Waals surface area contributed by atoms with E-state index in [1.54, 1.807) is 38.2 Å². The Hall–Kier alpha value is -4.65. The smallest absolute Gasteiger partial charge is 0.232 e. The summed E-state index contributed by atoms with van der Waals surface area (Å²) in [5.41, 5.74) is 2.28. The maximum Gasteiger partial charge on any atom is 0.232 e. The summed E-state index contributed by atoms with van der Waals surface area (Å²) in [7, 11) is 5.24. The molecule has 13 heteroatoms. The number of carbonyl (C=O) groups excluding carboxylic acids is 1. The summed E-state index contributed by atoms with van der Waals surface area (Å²) in [6, 6.07) is 7.28. The molecule has 0 radical (unpaired) electrons. The molecule has 0 bridgehead atoms. The molecule has 0 amide bonds. The number of aryl methyl sites for hydroxylation is 1. The Labute approximate surface area is 237 Å². The lowest BCUT2D eigenvalue weighted by molar-refractivity contribution is 0.0284. The second-order valence-electron chi connectivity index (χ2n) is 9.73. The van der Waals surface area contributed by atoms with Gasteiger partial charge in [0.15, 0.2) is 17.4 Å². The molecule has 0 unspecified atom stereocenters. The number of carbonyl (C=O) groups is 1. The normalized spacial score (nSPS) is 17.2. The lowest BCUT2D eigenvalue weighted by Crippen LogP contribution is -2.45. The number of ether oxygens (including phenoxy) is 2. The van der Waals surface area contributed by atoms with Crippen molar-refractivity contribution in [3.63, 3.8) is 0 Å². The van der Waals surface area contributed by atoms with Crippen LogP contribution in [0, 0.1) is 0 Å². The number of pyridine rings is 1. The number of rotatable bonds is 10. The van der Waals surface area contributed by atoms with Crippen molar-refractivity contribution >= 4 is 28.8 Å². The van der Waals surface area contributed by atoms with Crippen molar-refractivity contribution in [2.24, 2.45) is 7.05 Å². The van der Waals surface area contributed by atoms with Gasteiger partial charge >= 0.3 is 0 Å². The van der Waals surface area contributed by atoms with Crippen LogP contribution in [0.15, 0.2) is 49.2 Å². The number of nitrogens with zero attached hydrogens (tertiary/aromatic N) is 7. The summed E-state index contributed by atoms with van der Waals surface area (Å²) in [6.45, 7) is 2.88. The first-order chi connectivity index (χ1) is 19.8. The Bertz CT molecular complexity index is 1510. The number of para-hydroxylation sites is 1. The Kier molecular flexibility index (Phi) is 8.34. The van der Waals surface area contributed by atoms with Crippen molar-refractivity contribution in [2.75, 3.05) is 37.9 Å². The van der Waals surface area contributed by atoms with E-state index >= 15 is 0 Å². The Morgan fingerprint density at radius 2 is 1.90 bits per heavy atom. The van der Waals surface area contributed by atoms with E-state index in [4.69, 9.17) is 9.47 Å². The number of benzene rings is 1. The number of piperidine rings is 1. The number of likely N-dealkylation sites (tertiary alicyclic amines) is 1. The predicted octanol–water partition coefficient (Wildman–Crippen LogP) is 4.18. The fourth-order valence-corrected chi connectivity index (χ4v) is 4.57. The average molecular weight is 562 g/mol. The minimum absolute atomic E-state index is 0.0746. The Morgan fingerprint density at radius 3 is 2.59 bits per heavy atom. The summed E-state index contributed by atoms with van der Waals surface area (Å²) in [4.78, 5) is 32.1. The fourth-order valence-electron chi connectivity index (χ4n) is 4.57. The topological polar surface area (TPSA) is 132 Å². The van der Waals surface area contributed by atoms with Crippen molar-refractivity contribution in [2.45, 2.75) is 32.0 Å². The van der Waals surface area contributed by atoms with Crippen molar-refractivity contribution in [3.05, 3.63) is 54.7 Å². The SMILES string of the molecule is CCC(=O)c1cnc(Nc2cnc(O[C@H]3CCN(C)C[C@@H]3F)cn2)cc1Nc1cccc(-c2ncn(C)n2)c1OC. The van der Waals surface area contributed by atoms with Gasteiger partial charge in [-0.05, 0) is 25.6 Å². The van der Waals surface area contributed by atoms with E-state index in [0.717, 1.165) is 6.54 Å². The van der Waals surface area contributed by atoms with Gasteiger partial charge in [0, 0.05) is 38.8 Å². The molecule has 1 fully saturated rings. The van der Waals surface area contributed by atoms with Crippen molar-refractivity contribution in [3.8, 4) is 23.0 Å². The standard InChI is InChI=1S/C28H32FN9O3/c1-5-22(39)18-12-30-24(35-25-13-32-26(14-31-25)41-23-9-10-37(2)15-19(23)29)11-21(18)34-20-8-6-7-17(27(20)40-4)28-33-16-38(3)36-28/h6-8,11-14,16,19,23H,5,9-10,15H2,1-4H3,(H2,30,31,34,35)/t19-,23-/m0/s1. The van der Waals surface area contributed by atoms with E-state index in [1.807, 2.05) is 30.1 Å². The number of hydrogen-bond acceptors (Lipinski definition) is 11. The van der Waals surface area contributed by atoms with E-state index in [2.05, 4.69) is 35.7 Å². The highest BCUT2D eigenvalue weighted by Gasteiger charge is 2.29. The van der Waals surface area contributed by atoms with Crippen LogP contribution in [-0.4, -0.2) is 79.9 Å². The van der Waals surface area contributed by atoms with Gasteiger partial charge in [0.1, 0.15) is 30.2 Å². The van der Waals surface area contributed by atoms with E-state index < -0.39 is 12.3 Å². The number of nitrogens with one attached hydrogen (secondary N) is 2. The van der Waals surface area contributed by atoms with Gasteiger partial charge in [0.2, 0.25) is 5.88 Å². The van der Waals surface area contributed by atoms with Gasteiger partial charge in [0.05, 0.1) is 42.0 Å². The third-order valence-electron chi connectivity index (χ3n) is 6.70. The zero-order valence-electron chi connectivity index (χ0n) is 23.3. The summed E-state index contributed by atoms with van der Waals surface area (Å²) < 4.78 is 27.4. The molecule has 1 aliphatic rings. The molecular weight excluding hydrogens is 529 g/mol. The van der Waals surface area contributed by atoms with E-state index in [9.17, 15) is 9.18 Å². The number of aromatic nitrogens is 6. The third-order valence-corrected chi connectivity index (χ3v) is 6.70. The zero-order valence-corrected chi connectivity index (χ0v) is 23.3. The second kappa shape index (κ2) is 12.3. The predicted molar refractivity (Wildman–Crippen MR) is 152 cm³/mol. The number of methoxy groups -OCH3 is 1. The molecule has 2 N–H and O–H groups in total. The molecule has 5 rings (SSSR count). The molecule has 0 spiro atoms. The molecular formula is C28H32FN9O3. The highest BCUT2D eigenvalue weighted by molar-refractivity contribution is 6.02. The highest BCUT2D eigenvalue weighted by atomic mass is 19.1. The molecule has 214 valence electrons. The highest BCUT2D eigenvalue weighted by Crippen LogP contribution is 2.37. The molecule has 2 atom stereocenters. The van der Waals surface area contributed by atoms with Crippen LogP contribution in [0.25, 0.3) is 11.4 Å². The van der Waals surface area contributed by atoms with Crippen LogP contribution in [0.5, 0.6) is 11.6 Å². The third kappa shape index (κ3) is 6.40. The molecule has 0 saturated carbocycles. The van der Waals surface area contributed by atoms with E-state index in [0.29, 0.717) is 65.1 Å². The first kappa shape index (κ1) is 27.9. The molecule has 41 heavy (non-hydrogen) atoms. The van der Waals surface area contributed by atoms with Crippen LogP contribution in [0.3, 0.4) is 0 Å². The van der Waals surface area contributed by atoms with Crippen molar-refractivity contribution < 1.29 is 18.7 Å². The summed E-state index contributed by atoms with van der Waals surface area (Å²) >= 11 is 0. The molecule has 3 aromatic heterocycles. The minimum atomic E-state index is -1.09. The largest absolute Gasteiger partial charge is 0.494 e. The van der Waals surface area contributed by atoms with Gasteiger partial charge in [-0.1, -0.05) is 13.0 Å². The first-order valence-corrected chi connectivity index (χ1v) is 13.3. The van der Waals surface area contributed by atoms with Gasteiger partial charge in [-0.25, -0.2) is 24.3 Å². The van der Waals surface area contributed by atoms with Gasteiger partial charge in [-0.3, -0.25) is 9.48 Å². The van der Waals surface area contributed by atoms with Crippen LogP contribution in [0.1, 0.15) is 30.1 Å². The Balaban J connectivity index is 1.37. The van der Waals surface area contributed by atoms with Crippen molar-refractivity contribution in [1.82, 2.24) is 34.6 Å². The number of alkyl halides is 1. The number of Topliss-reactive ketones (excluding diaryl/α,β-unsaturated/α-hetero) is 1. The van der Waals surface area contributed by atoms with E-state index in [-0.39, 0.29) is 11.7 Å². The van der Waals surface area contributed by atoms with Crippen LogP contribution in [0.2, 0.25) is 0 Å². The summed E-state index contributed by atoms with van der Waals surface area (Å²) in [5.74, 6) is 2.06. The lowest BCUT2D eigenvalue weighted by Gasteiger charge is -2.31. The quantitative estimate of drug-likeness (QED) is 0.270. The molecule has 12 nitrogen and oxygen atoms in total. The second-order valence-corrected chi connectivity index (χ2v) is 9.73. The average Bonchev–Trinajstić information content (AvgIpc) is 3.41. The summed E-state index contributed by atoms with van der Waals surface area (Å²) in [5, 5.41) is 10.8. The summed E-state index contributed by atoms with van der Waals surface area (Å²) in [6.07, 6.45) is 5.31. The maximum absolute atomic E-state index is 14.3. The molecule has 4 aromatic rings. The molecule has 1 aliphatic heterocycles. The van der Waals surface area contributed by atoms with Crippen LogP contribution < -0.4 is 20.1 Å². The van der Waals surface area contributed by atoms with E-state index in [1.165, 1.54) is 18.6 Å². The number of hydrogen-bond donors (Lipinski definition) is 2. The minimum Gasteiger partial charge on any atom is -0.494 e. The number of ketones is 1. The lowest BCUT2D eigenvalue weighted by atomic mass is 10.1. The fraction of sp³-hybridized carbons (Fsp3) is 0.357. The molecule has 1 saturated heterocycles. The van der Waals surface area contributed by atoms with Crippen molar-refractivity contribution in [1.29, 1.82) is 0 Å². The first-order valence-electron chi connectivity index (χ1n) is 13.3. The number of anilines is 4. The molecule has 1 aromatic carbocycles. The Morgan fingerprint density at radius 1 is 1.07 bits per heavy atom. The van der Waals surface area contributed by atoms with Gasteiger partial charge < -0.3 is 25.0 Å². The molecule has 0 aliphatic carbocycles.